The van der Waals surface area contributed by atoms with Crippen molar-refractivity contribution in [1.29, 1.82) is 0 Å². The van der Waals surface area contributed by atoms with Crippen LogP contribution >= 0.6 is 21.0 Å². The molecule has 0 heterocycles. The minimum absolute atomic E-state index is 0. The van der Waals surface area contributed by atoms with Crippen molar-refractivity contribution in [2.24, 2.45) is 0 Å². The molecule has 0 aromatic heterocycles. The van der Waals surface area contributed by atoms with Gasteiger partial charge in [0, 0.05) is 0 Å². The molecule has 1 rings (SSSR count). The molecule has 0 saturated carbocycles. The number of rotatable bonds is 2. The second-order valence-corrected chi connectivity index (χ2v) is 3.06. The third-order valence-corrected chi connectivity index (χ3v) is 2.29. The molecule has 62 valence electrons. The highest BCUT2D eigenvalue weighted by molar-refractivity contribution is 7.46. The summed E-state index contributed by atoms with van der Waals surface area (Å²) in [5.74, 6) is 0.932. The fourth-order valence-corrected chi connectivity index (χ4v) is 1.26. The number of halogens is 1. The molecule has 0 saturated heterocycles. The first kappa shape index (κ1) is 10.7. The van der Waals surface area contributed by atoms with Crippen LogP contribution in [0.1, 0.15) is 0 Å². The van der Waals surface area contributed by atoms with Crippen molar-refractivity contribution >= 4 is 26.3 Å². The second kappa shape index (κ2) is 5.40. The lowest BCUT2D eigenvalue weighted by atomic mass is 10.3. The van der Waals surface area contributed by atoms with Gasteiger partial charge in [0.1, 0.15) is 5.75 Å². The Hall–Kier alpha value is -0.260. The van der Waals surface area contributed by atoms with Gasteiger partial charge < -0.3 is 4.74 Å². The van der Waals surface area contributed by atoms with Crippen LogP contribution in [-0.4, -0.2) is 13.8 Å². The van der Waals surface area contributed by atoms with Gasteiger partial charge in [0.25, 0.3) is 0 Å². The van der Waals surface area contributed by atoms with Crippen molar-refractivity contribution in [2.75, 3.05) is 13.8 Å². The van der Waals surface area contributed by atoms with Crippen LogP contribution in [0.5, 0.6) is 5.75 Å². The molecule has 0 aliphatic carbocycles. The minimum atomic E-state index is 0. The average Bonchev–Trinajstić information content (AvgIpc) is 2.05. The van der Waals surface area contributed by atoms with E-state index in [2.05, 4.69) is 18.8 Å². The molecule has 0 N–H and O–H groups in total. The van der Waals surface area contributed by atoms with Crippen LogP contribution < -0.4 is 10.0 Å². The standard InChI is InChI=1S/C8H11OP.ClH/c1-9-7-3-5-8(10-2)6-4-7;/h3-6,10H,1-2H3;1H. The van der Waals surface area contributed by atoms with E-state index >= 15 is 0 Å². The predicted molar refractivity (Wildman–Crippen MR) is 54.1 cm³/mol. The number of hydrogen-bond donors (Lipinski definition) is 0. The summed E-state index contributed by atoms with van der Waals surface area (Å²) in [7, 11) is 2.56. The maximum Gasteiger partial charge on any atom is 0.118 e. The number of methoxy groups -OCH3 is 1. The van der Waals surface area contributed by atoms with E-state index < -0.39 is 0 Å². The van der Waals surface area contributed by atoms with Crippen LogP contribution in [0.4, 0.5) is 0 Å². The summed E-state index contributed by atoms with van der Waals surface area (Å²) in [6.45, 7) is 2.17. The molecule has 0 aliphatic rings. The van der Waals surface area contributed by atoms with Gasteiger partial charge >= 0.3 is 0 Å². The van der Waals surface area contributed by atoms with E-state index in [1.54, 1.807) is 7.11 Å². The van der Waals surface area contributed by atoms with E-state index in [9.17, 15) is 0 Å². The molecule has 0 spiro atoms. The van der Waals surface area contributed by atoms with Crippen LogP contribution in [0.2, 0.25) is 0 Å². The van der Waals surface area contributed by atoms with Crippen molar-refractivity contribution in [3.8, 4) is 5.75 Å². The fourth-order valence-electron chi connectivity index (χ4n) is 0.758. The molecule has 0 aliphatic heterocycles. The molecule has 0 radical (unpaired) electrons. The first-order valence-corrected chi connectivity index (χ1v) is 4.68. The normalized spacial score (nSPS) is 9.64. The summed E-state index contributed by atoms with van der Waals surface area (Å²) in [5.41, 5.74) is 0. The number of hydrogen-bond acceptors (Lipinski definition) is 1. The summed E-state index contributed by atoms with van der Waals surface area (Å²) in [4.78, 5) is 0. The van der Waals surface area contributed by atoms with Crippen molar-refractivity contribution in [3.63, 3.8) is 0 Å². The molecular weight excluding hydrogens is 179 g/mol. The zero-order chi connectivity index (χ0) is 7.40. The molecule has 1 atom stereocenters. The predicted octanol–water partition coefficient (Wildman–Crippen LogP) is 2.05. The van der Waals surface area contributed by atoms with Crippen molar-refractivity contribution in [3.05, 3.63) is 24.3 Å². The van der Waals surface area contributed by atoms with Crippen LogP contribution in [0.15, 0.2) is 24.3 Å². The largest absolute Gasteiger partial charge is 0.497 e. The Labute approximate surface area is 75.3 Å². The SMILES string of the molecule is COc1ccc(PC)cc1.Cl. The number of ether oxygens (including phenoxy) is 1. The summed E-state index contributed by atoms with van der Waals surface area (Å²) in [6.07, 6.45) is 0. The van der Waals surface area contributed by atoms with Gasteiger partial charge in [-0.1, -0.05) is 20.7 Å². The molecule has 3 heteroatoms. The third-order valence-electron chi connectivity index (χ3n) is 1.38. The summed E-state index contributed by atoms with van der Waals surface area (Å²) in [5, 5.41) is 1.38. The molecule has 0 fully saturated rings. The van der Waals surface area contributed by atoms with E-state index in [1.165, 1.54) is 5.30 Å². The van der Waals surface area contributed by atoms with Gasteiger partial charge in [-0.25, -0.2) is 0 Å². The maximum absolute atomic E-state index is 5.02. The Kier molecular flexibility index (Phi) is 5.27. The van der Waals surface area contributed by atoms with E-state index in [1.807, 2.05) is 12.1 Å². The smallest absolute Gasteiger partial charge is 0.118 e. The average molecular weight is 191 g/mol. The Morgan fingerprint density at radius 1 is 1.18 bits per heavy atom. The fraction of sp³-hybridized carbons (Fsp3) is 0.250. The molecule has 0 bridgehead atoms. The van der Waals surface area contributed by atoms with Crippen LogP contribution in [0.25, 0.3) is 0 Å². The van der Waals surface area contributed by atoms with Crippen LogP contribution in [0.3, 0.4) is 0 Å². The lowest BCUT2D eigenvalue weighted by molar-refractivity contribution is 0.415. The van der Waals surface area contributed by atoms with Gasteiger partial charge in [0.05, 0.1) is 7.11 Å². The Bertz CT molecular complexity index is 175. The lowest BCUT2D eigenvalue weighted by Gasteiger charge is -1.99. The summed E-state index contributed by atoms with van der Waals surface area (Å²) >= 11 is 0. The second-order valence-electron chi connectivity index (χ2n) is 1.98. The molecule has 1 nitrogen and oxygen atoms in total. The maximum atomic E-state index is 5.02. The first-order valence-electron chi connectivity index (χ1n) is 3.18. The first-order chi connectivity index (χ1) is 4.86. The van der Waals surface area contributed by atoms with E-state index in [-0.39, 0.29) is 12.4 Å². The van der Waals surface area contributed by atoms with Crippen LogP contribution in [0, 0.1) is 0 Å². The molecule has 1 aromatic carbocycles. The quantitative estimate of drug-likeness (QED) is 0.649. The highest BCUT2D eigenvalue weighted by Gasteiger charge is 1.89. The van der Waals surface area contributed by atoms with Gasteiger partial charge in [-0.15, -0.1) is 12.4 Å². The molecular formula is C8H12ClOP. The zero-order valence-electron chi connectivity index (χ0n) is 6.63. The summed E-state index contributed by atoms with van der Waals surface area (Å²) in [6, 6.07) is 8.17. The van der Waals surface area contributed by atoms with E-state index in [4.69, 9.17) is 4.74 Å². The van der Waals surface area contributed by atoms with Crippen molar-refractivity contribution in [2.45, 2.75) is 0 Å². The lowest BCUT2D eigenvalue weighted by Crippen LogP contribution is -1.91. The topological polar surface area (TPSA) is 9.23 Å². The van der Waals surface area contributed by atoms with Gasteiger partial charge in [0.2, 0.25) is 0 Å². The Balaban J connectivity index is 0.000001000. The van der Waals surface area contributed by atoms with Crippen molar-refractivity contribution in [1.82, 2.24) is 0 Å². The number of benzene rings is 1. The third kappa shape index (κ3) is 3.09. The van der Waals surface area contributed by atoms with Gasteiger partial charge in [-0.05, 0) is 24.1 Å². The van der Waals surface area contributed by atoms with Gasteiger partial charge in [0.15, 0.2) is 0 Å². The van der Waals surface area contributed by atoms with Crippen LogP contribution in [-0.2, 0) is 0 Å². The zero-order valence-corrected chi connectivity index (χ0v) is 8.44. The monoisotopic (exact) mass is 190 g/mol. The minimum Gasteiger partial charge on any atom is -0.497 e. The van der Waals surface area contributed by atoms with Gasteiger partial charge in [-0.3, -0.25) is 0 Å². The van der Waals surface area contributed by atoms with E-state index in [0.29, 0.717) is 0 Å². The summed E-state index contributed by atoms with van der Waals surface area (Å²) < 4.78 is 5.02. The van der Waals surface area contributed by atoms with Crippen molar-refractivity contribution < 1.29 is 4.74 Å². The van der Waals surface area contributed by atoms with Gasteiger partial charge in [-0.2, -0.15) is 0 Å². The molecule has 0 amide bonds. The Morgan fingerprint density at radius 3 is 2.09 bits per heavy atom. The Morgan fingerprint density at radius 2 is 1.73 bits per heavy atom. The molecule has 1 unspecified atom stereocenters. The molecule has 11 heavy (non-hydrogen) atoms. The molecule has 1 aromatic rings. The highest BCUT2D eigenvalue weighted by atomic mass is 35.5. The van der Waals surface area contributed by atoms with E-state index in [0.717, 1.165) is 14.3 Å². The highest BCUT2D eigenvalue weighted by Crippen LogP contribution is 2.10.